The van der Waals surface area contributed by atoms with Crippen LogP contribution < -0.4 is 20.1 Å². The smallest absolute Gasteiger partial charge is 0.262 e. The molecule has 2 rings (SSSR count). The SMILES string of the molecule is CNC(=O)c1ccc(OC)c(OCC(=O)Nc2ccc(F)c(Cl)c2)c1. The van der Waals surface area contributed by atoms with E-state index in [1.807, 2.05) is 0 Å². The minimum atomic E-state index is -0.577. The van der Waals surface area contributed by atoms with Crippen LogP contribution in [0.4, 0.5) is 10.1 Å². The van der Waals surface area contributed by atoms with Crippen LogP contribution in [-0.2, 0) is 4.79 Å². The van der Waals surface area contributed by atoms with Gasteiger partial charge in [-0.15, -0.1) is 0 Å². The number of carbonyl (C=O) groups excluding carboxylic acids is 2. The standard InChI is InChI=1S/C17H16ClFN2O4/c1-20-17(23)10-3-6-14(24-2)15(7-10)25-9-16(22)21-11-4-5-13(19)12(18)8-11/h3-8H,9H2,1-2H3,(H,20,23)(H,21,22). The molecule has 0 aliphatic carbocycles. The van der Waals surface area contributed by atoms with Crippen LogP contribution in [0, 0.1) is 5.82 Å². The van der Waals surface area contributed by atoms with Crippen LogP contribution in [0.5, 0.6) is 11.5 Å². The number of anilines is 1. The Bertz CT molecular complexity index is 798. The van der Waals surface area contributed by atoms with Crippen LogP contribution in [0.15, 0.2) is 36.4 Å². The Balaban J connectivity index is 2.05. The van der Waals surface area contributed by atoms with Gasteiger partial charge in [-0.05, 0) is 36.4 Å². The Hall–Kier alpha value is -2.80. The second-order valence-corrected chi connectivity index (χ2v) is 5.32. The summed E-state index contributed by atoms with van der Waals surface area (Å²) in [7, 11) is 2.96. The van der Waals surface area contributed by atoms with E-state index in [-0.39, 0.29) is 23.3 Å². The second-order valence-electron chi connectivity index (χ2n) is 4.91. The highest BCUT2D eigenvalue weighted by molar-refractivity contribution is 6.31. The molecule has 0 heterocycles. The zero-order valence-corrected chi connectivity index (χ0v) is 14.3. The van der Waals surface area contributed by atoms with E-state index >= 15 is 0 Å². The van der Waals surface area contributed by atoms with Crippen LogP contribution in [0.3, 0.4) is 0 Å². The van der Waals surface area contributed by atoms with Gasteiger partial charge < -0.3 is 20.1 Å². The lowest BCUT2D eigenvalue weighted by molar-refractivity contribution is -0.118. The summed E-state index contributed by atoms with van der Waals surface area (Å²) >= 11 is 5.66. The van der Waals surface area contributed by atoms with Gasteiger partial charge in [0.05, 0.1) is 12.1 Å². The Kier molecular flexibility index (Phi) is 6.19. The molecule has 0 spiro atoms. The van der Waals surface area contributed by atoms with Crippen molar-refractivity contribution in [2.24, 2.45) is 0 Å². The van der Waals surface area contributed by atoms with Crippen LogP contribution in [0.2, 0.25) is 5.02 Å². The molecule has 0 unspecified atom stereocenters. The average Bonchev–Trinajstić information content (AvgIpc) is 2.62. The monoisotopic (exact) mass is 366 g/mol. The van der Waals surface area contributed by atoms with Gasteiger partial charge in [-0.1, -0.05) is 11.6 Å². The number of hydrogen-bond acceptors (Lipinski definition) is 4. The van der Waals surface area contributed by atoms with Crippen LogP contribution in [0.25, 0.3) is 0 Å². The predicted octanol–water partition coefficient (Wildman–Crippen LogP) is 2.86. The summed E-state index contributed by atoms with van der Waals surface area (Å²) in [5.41, 5.74) is 0.704. The largest absolute Gasteiger partial charge is 0.493 e. The molecule has 0 bridgehead atoms. The quantitative estimate of drug-likeness (QED) is 0.824. The highest BCUT2D eigenvalue weighted by atomic mass is 35.5. The number of nitrogens with one attached hydrogen (secondary N) is 2. The molecule has 132 valence electrons. The molecular weight excluding hydrogens is 351 g/mol. The van der Waals surface area contributed by atoms with Crippen molar-refractivity contribution in [3.63, 3.8) is 0 Å². The van der Waals surface area contributed by atoms with Gasteiger partial charge in [0.1, 0.15) is 5.82 Å². The third-order valence-electron chi connectivity index (χ3n) is 3.22. The van der Waals surface area contributed by atoms with Crippen LogP contribution >= 0.6 is 11.6 Å². The summed E-state index contributed by atoms with van der Waals surface area (Å²) in [5.74, 6) is -0.721. The third-order valence-corrected chi connectivity index (χ3v) is 3.50. The van der Waals surface area contributed by atoms with E-state index < -0.39 is 11.7 Å². The van der Waals surface area contributed by atoms with Crippen molar-refractivity contribution in [3.05, 3.63) is 52.8 Å². The van der Waals surface area contributed by atoms with Gasteiger partial charge in [0.2, 0.25) is 0 Å². The van der Waals surface area contributed by atoms with E-state index in [1.165, 1.54) is 32.4 Å². The van der Waals surface area contributed by atoms with Crippen molar-refractivity contribution in [2.75, 3.05) is 26.1 Å². The average molecular weight is 367 g/mol. The molecule has 2 aromatic rings. The molecule has 0 saturated heterocycles. The molecule has 2 N–H and O–H groups in total. The molecule has 0 fully saturated rings. The highest BCUT2D eigenvalue weighted by Crippen LogP contribution is 2.28. The zero-order chi connectivity index (χ0) is 18.4. The maximum atomic E-state index is 13.1. The molecule has 0 aromatic heterocycles. The zero-order valence-electron chi connectivity index (χ0n) is 13.6. The van der Waals surface area contributed by atoms with Gasteiger partial charge in [-0.25, -0.2) is 4.39 Å². The summed E-state index contributed by atoms with van der Waals surface area (Å²) in [4.78, 5) is 23.6. The van der Waals surface area contributed by atoms with Gasteiger partial charge >= 0.3 is 0 Å². The minimum absolute atomic E-state index is 0.0985. The normalized spacial score (nSPS) is 10.1. The molecule has 25 heavy (non-hydrogen) atoms. The Morgan fingerprint density at radius 3 is 2.56 bits per heavy atom. The first-order valence-electron chi connectivity index (χ1n) is 7.22. The van der Waals surface area contributed by atoms with Crippen molar-refractivity contribution in [1.82, 2.24) is 5.32 Å². The molecule has 2 aromatic carbocycles. The first kappa shape index (κ1) is 18.5. The molecule has 0 saturated carbocycles. The Morgan fingerprint density at radius 1 is 1.16 bits per heavy atom. The molecular formula is C17H16ClFN2O4. The molecule has 8 heteroatoms. The first-order valence-corrected chi connectivity index (χ1v) is 7.60. The van der Waals surface area contributed by atoms with Crippen molar-refractivity contribution in [1.29, 1.82) is 0 Å². The van der Waals surface area contributed by atoms with E-state index in [2.05, 4.69) is 10.6 Å². The fraction of sp³-hybridized carbons (Fsp3) is 0.176. The van der Waals surface area contributed by atoms with Gasteiger partial charge in [0.25, 0.3) is 11.8 Å². The number of amides is 2. The number of halogens is 2. The summed E-state index contributed by atoms with van der Waals surface area (Å²) in [5, 5.41) is 4.93. The molecule has 0 atom stereocenters. The lowest BCUT2D eigenvalue weighted by atomic mass is 10.2. The van der Waals surface area contributed by atoms with E-state index in [4.69, 9.17) is 21.1 Å². The lowest BCUT2D eigenvalue weighted by Gasteiger charge is -2.12. The van der Waals surface area contributed by atoms with Crippen LogP contribution in [-0.4, -0.2) is 32.6 Å². The number of ether oxygens (including phenoxy) is 2. The highest BCUT2D eigenvalue weighted by Gasteiger charge is 2.12. The molecule has 6 nitrogen and oxygen atoms in total. The maximum absolute atomic E-state index is 13.1. The van der Waals surface area contributed by atoms with Crippen molar-refractivity contribution < 1.29 is 23.5 Å². The molecule has 0 radical (unpaired) electrons. The number of benzene rings is 2. The van der Waals surface area contributed by atoms with Gasteiger partial charge in [-0.3, -0.25) is 9.59 Å². The first-order chi connectivity index (χ1) is 11.9. The van der Waals surface area contributed by atoms with Crippen molar-refractivity contribution in [2.45, 2.75) is 0 Å². The molecule has 0 aliphatic heterocycles. The number of carbonyl (C=O) groups is 2. The number of hydrogen-bond donors (Lipinski definition) is 2. The third kappa shape index (κ3) is 4.84. The van der Waals surface area contributed by atoms with Crippen LogP contribution in [0.1, 0.15) is 10.4 Å². The summed E-state index contributed by atoms with van der Waals surface area (Å²) in [6, 6.07) is 8.44. The van der Waals surface area contributed by atoms with E-state index in [0.717, 1.165) is 6.07 Å². The maximum Gasteiger partial charge on any atom is 0.262 e. The van der Waals surface area contributed by atoms with Gasteiger partial charge in [-0.2, -0.15) is 0 Å². The van der Waals surface area contributed by atoms with Crippen molar-refractivity contribution >= 4 is 29.1 Å². The van der Waals surface area contributed by atoms with Gasteiger partial charge in [0.15, 0.2) is 18.1 Å². The van der Waals surface area contributed by atoms with E-state index in [0.29, 0.717) is 17.0 Å². The van der Waals surface area contributed by atoms with Gasteiger partial charge in [0, 0.05) is 18.3 Å². The van der Waals surface area contributed by atoms with Crippen molar-refractivity contribution in [3.8, 4) is 11.5 Å². The summed E-state index contributed by atoms with van der Waals surface area (Å²) < 4.78 is 23.7. The number of rotatable bonds is 6. The summed E-state index contributed by atoms with van der Waals surface area (Å²) in [6.45, 7) is -0.331. The summed E-state index contributed by atoms with van der Waals surface area (Å²) in [6.07, 6.45) is 0. The minimum Gasteiger partial charge on any atom is -0.493 e. The number of methoxy groups -OCH3 is 1. The van der Waals surface area contributed by atoms with E-state index in [1.54, 1.807) is 12.1 Å². The molecule has 2 amide bonds. The topological polar surface area (TPSA) is 76.7 Å². The molecule has 0 aliphatic rings. The Morgan fingerprint density at radius 2 is 1.92 bits per heavy atom. The Labute approximate surface area is 148 Å². The fourth-order valence-corrected chi connectivity index (χ4v) is 2.17. The lowest BCUT2D eigenvalue weighted by Crippen LogP contribution is -2.21. The van der Waals surface area contributed by atoms with E-state index in [9.17, 15) is 14.0 Å². The predicted molar refractivity (Wildman–Crippen MR) is 91.9 cm³/mol. The fourth-order valence-electron chi connectivity index (χ4n) is 1.99. The second kappa shape index (κ2) is 8.34.